The minimum Gasteiger partial charge on any atom is -0.351 e. The first-order chi connectivity index (χ1) is 7.06. The van der Waals surface area contributed by atoms with E-state index in [1.165, 1.54) is 5.56 Å². The van der Waals surface area contributed by atoms with Gasteiger partial charge in [0.15, 0.2) is 0 Å². The van der Waals surface area contributed by atoms with Crippen LogP contribution in [0, 0.1) is 20.8 Å². The van der Waals surface area contributed by atoms with Crippen molar-refractivity contribution in [3.63, 3.8) is 0 Å². The van der Waals surface area contributed by atoms with Gasteiger partial charge in [0.1, 0.15) is 0 Å². The number of hydrogen-bond acceptors (Lipinski definition) is 2. The van der Waals surface area contributed by atoms with Gasteiger partial charge in [0.25, 0.3) is 5.91 Å². The van der Waals surface area contributed by atoms with Crippen LogP contribution < -0.4 is 11.1 Å². The summed E-state index contributed by atoms with van der Waals surface area (Å²) in [6, 6.07) is 3.82. The number of carbonyl (C=O) groups is 1. The number of carbonyl (C=O) groups excluding carboxylic acids is 1. The van der Waals surface area contributed by atoms with Crippen molar-refractivity contribution in [1.29, 1.82) is 0 Å². The van der Waals surface area contributed by atoms with Crippen LogP contribution >= 0.6 is 0 Å². The van der Waals surface area contributed by atoms with Crippen molar-refractivity contribution in [2.75, 3.05) is 13.1 Å². The molecule has 0 atom stereocenters. The molecule has 0 unspecified atom stereocenters. The number of benzene rings is 1. The monoisotopic (exact) mass is 206 g/mol. The molecular formula is C12H18N2O. The predicted octanol–water partition coefficient (Wildman–Crippen LogP) is 1.30. The summed E-state index contributed by atoms with van der Waals surface area (Å²) < 4.78 is 0. The van der Waals surface area contributed by atoms with Gasteiger partial charge in [-0.2, -0.15) is 0 Å². The van der Waals surface area contributed by atoms with E-state index in [2.05, 4.69) is 12.2 Å². The van der Waals surface area contributed by atoms with Gasteiger partial charge >= 0.3 is 0 Å². The zero-order chi connectivity index (χ0) is 11.4. The highest BCUT2D eigenvalue weighted by molar-refractivity contribution is 5.94. The molecule has 1 rings (SSSR count). The van der Waals surface area contributed by atoms with Gasteiger partial charge in [-0.15, -0.1) is 0 Å². The largest absolute Gasteiger partial charge is 0.351 e. The van der Waals surface area contributed by atoms with Crippen molar-refractivity contribution < 1.29 is 4.79 Å². The van der Waals surface area contributed by atoms with Gasteiger partial charge in [-0.1, -0.05) is 0 Å². The SMILES string of the molecule is Cc1cc(C(=O)NCCN)cc(C)c1C. The van der Waals surface area contributed by atoms with E-state index in [0.29, 0.717) is 18.7 Å². The van der Waals surface area contributed by atoms with E-state index in [9.17, 15) is 4.79 Å². The van der Waals surface area contributed by atoms with Crippen molar-refractivity contribution in [3.05, 3.63) is 34.4 Å². The van der Waals surface area contributed by atoms with Crippen LogP contribution in [-0.4, -0.2) is 19.0 Å². The Labute approximate surface area is 90.7 Å². The van der Waals surface area contributed by atoms with E-state index in [0.717, 1.165) is 11.1 Å². The first kappa shape index (κ1) is 11.7. The lowest BCUT2D eigenvalue weighted by Crippen LogP contribution is -2.29. The summed E-state index contributed by atoms with van der Waals surface area (Å²) in [4.78, 5) is 11.7. The van der Waals surface area contributed by atoms with Crippen molar-refractivity contribution in [2.24, 2.45) is 5.73 Å². The van der Waals surface area contributed by atoms with Crippen LogP contribution in [-0.2, 0) is 0 Å². The summed E-state index contributed by atoms with van der Waals surface area (Å²) in [5, 5.41) is 2.76. The first-order valence-corrected chi connectivity index (χ1v) is 5.12. The molecule has 0 aliphatic heterocycles. The molecule has 0 aliphatic rings. The Bertz CT molecular complexity index is 349. The molecule has 3 nitrogen and oxygen atoms in total. The third-order valence-corrected chi connectivity index (χ3v) is 2.62. The summed E-state index contributed by atoms with van der Waals surface area (Å²) in [6.45, 7) is 7.08. The van der Waals surface area contributed by atoms with Crippen LogP contribution in [0.5, 0.6) is 0 Å². The highest BCUT2D eigenvalue weighted by Crippen LogP contribution is 2.15. The topological polar surface area (TPSA) is 55.1 Å². The average Bonchev–Trinajstić information content (AvgIpc) is 2.21. The Kier molecular flexibility index (Phi) is 3.86. The van der Waals surface area contributed by atoms with E-state index < -0.39 is 0 Å². The lowest BCUT2D eigenvalue weighted by atomic mass is 10.0. The standard InChI is InChI=1S/C12H18N2O/c1-8-6-11(7-9(2)10(8)3)12(15)14-5-4-13/h6-7H,4-5,13H2,1-3H3,(H,14,15). The summed E-state index contributed by atoms with van der Waals surface area (Å²) >= 11 is 0. The van der Waals surface area contributed by atoms with Crippen LogP contribution in [0.4, 0.5) is 0 Å². The normalized spacial score (nSPS) is 10.1. The molecular weight excluding hydrogens is 188 g/mol. The second-order valence-electron chi connectivity index (χ2n) is 3.78. The Hall–Kier alpha value is -1.35. The molecule has 1 aromatic rings. The smallest absolute Gasteiger partial charge is 0.251 e. The third kappa shape index (κ3) is 2.80. The van der Waals surface area contributed by atoms with E-state index >= 15 is 0 Å². The van der Waals surface area contributed by atoms with Crippen molar-refractivity contribution in [2.45, 2.75) is 20.8 Å². The van der Waals surface area contributed by atoms with Gasteiger partial charge in [-0.3, -0.25) is 4.79 Å². The minimum atomic E-state index is -0.0494. The molecule has 15 heavy (non-hydrogen) atoms. The molecule has 3 heteroatoms. The summed E-state index contributed by atoms with van der Waals surface area (Å²) in [7, 11) is 0. The van der Waals surface area contributed by atoms with E-state index in [1.54, 1.807) is 0 Å². The van der Waals surface area contributed by atoms with Crippen LogP contribution in [0.2, 0.25) is 0 Å². The van der Waals surface area contributed by atoms with Crippen LogP contribution in [0.15, 0.2) is 12.1 Å². The Balaban J connectivity index is 2.91. The van der Waals surface area contributed by atoms with Gasteiger partial charge in [-0.05, 0) is 49.6 Å². The fourth-order valence-corrected chi connectivity index (χ4v) is 1.45. The second kappa shape index (κ2) is 4.94. The molecule has 82 valence electrons. The van der Waals surface area contributed by atoms with Gasteiger partial charge in [0.2, 0.25) is 0 Å². The van der Waals surface area contributed by atoms with Crippen molar-refractivity contribution >= 4 is 5.91 Å². The third-order valence-electron chi connectivity index (χ3n) is 2.62. The molecule has 0 aliphatic carbocycles. The molecule has 0 radical (unpaired) electrons. The average molecular weight is 206 g/mol. The molecule has 0 bridgehead atoms. The van der Waals surface area contributed by atoms with Crippen LogP contribution in [0.1, 0.15) is 27.0 Å². The zero-order valence-electron chi connectivity index (χ0n) is 9.55. The number of rotatable bonds is 3. The molecule has 3 N–H and O–H groups in total. The molecule has 1 amide bonds. The molecule has 0 saturated carbocycles. The molecule has 0 spiro atoms. The van der Waals surface area contributed by atoms with E-state index in [-0.39, 0.29) is 5.91 Å². The molecule has 0 heterocycles. The summed E-state index contributed by atoms with van der Waals surface area (Å²) in [5.41, 5.74) is 9.57. The Morgan fingerprint density at radius 3 is 2.27 bits per heavy atom. The number of aryl methyl sites for hydroxylation is 2. The fourth-order valence-electron chi connectivity index (χ4n) is 1.45. The van der Waals surface area contributed by atoms with Gasteiger partial charge in [-0.25, -0.2) is 0 Å². The maximum atomic E-state index is 11.7. The number of amides is 1. The summed E-state index contributed by atoms with van der Waals surface area (Å²) in [6.07, 6.45) is 0. The fraction of sp³-hybridized carbons (Fsp3) is 0.417. The maximum Gasteiger partial charge on any atom is 0.251 e. The molecule has 1 aromatic carbocycles. The zero-order valence-corrected chi connectivity index (χ0v) is 9.55. The van der Waals surface area contributed by atoms with Crippen molar-refractivity contribution in [3.8, 4) is 0 Å². The van der Waals surface area contributed by atoms with Gasteiger partial charge in [0, 0.05) is 18.7 Å². The molecule has 0 saturated heterocycles. The predicted molar refractivity (Wildman–Crippen MR) is 62.0 cm³/mol. The van der Waals surface area contributed by atoms with Crippen molar-refractivity contribution in [1.82, 2.24) is 5.32 Å². The van der Waals surface area contributed by atoms with Gasteiger partial charge < -0.3 is 11.1 Å². The number of nitrogens with two attached hydrogens (primary N) is 1. The molecule has 0 fully saturated rings. The second-order valence-corrected chi connectivity index (χ2v) is 3.78. The van der Waals surface area contributed by atoms with E-state index in [1.807, 2.05) is 26.0 Å². The lowest BCUT2D eigenvalue weighted by molar-refractivity contribution is 0.0954. The number of hydrogen-bond donors (Lipinski definition) is 2. The van der Waals surface area contributed by atoms with E-state index in [4.69, 9.17) is 5.73 Å². The summed E-state index contributed by atoms with van der Waals surface area (Å²) in [5.74, 6) is -0.0494. The quantitative estimate of drug-likeness (QED) is 0.783. The Morgan fingerprint density at radius 1 is 1.27 bits per heavy atom. The van der Waals surface area contributed by atoms with Crippen LogP contribution in [0.3, 0.4) is 0 Å². The highest BCUT2D eigenvalue weighted by Gasteiger charge is 2.07. The minimum absolute atomic E-state index is 0.0494. The van der Waals surface area contributed by atoms with Gasteiger partial charge in [0.05, 0.1) is 0 Å². The Morgan fingerprint density at radius 2 is 1.80 bits per heavy atom. The number of nitrogens with one attached hydrogen (secondary N) is 1. The lowest BCUT2D eigenvalue weighted by Gasteiger charge is -2.09. The maximum absolute atomic E-state index is 11.7. The highest BCUT2D eigenvalue weighted by atomic mass is 16.1. The first-order valence-electron chi connectivity index (χ1n) is 5.12. The van der Waals surface area contributed by atoms with Crippen LogP contribution in [0.25, 0.3) is 0 Å². The molecule has 0 aromatic heterocycles.